The topological polar surface area (TPSA) is 94.0 Å². The Morgan fingerprint density at radius 1 is 1.47 bits per heavy atom. The molecule has 1 heterocycles. The van der Waals surface area contributed by atoms with Gasteiger partial charge in [-0.3, -0.25) is 4.79 Å². The lowest BCUT2D eigenvalue weighted by Gasteiger charge is -2.01. The molecule has 0 aromatic carbocycles. The highest BCUT2D eigenvalue weighted by molar-refractivity contribution is 5.90. The second-order valence-corrected chi connectivity index (χ2v) is 4.59. The first-order valence-corrected chi connectivity index (χ1v) is 5.81. The van der Waals surface area contributed by atoms with Crippen LogP contribution >= 0.6 is 0 Å². The summed E-state index contributed by atoms with van der Waals surface area (Å²) in [4.78, 5) is 15.8. The van der Waals surface area contributed by atoms with Crippen LogP contribution in [0.1, 0.15) is 41.7 Å². The standard InChI is InChI=1S/C11H14N4O2/c12-7-2-1-6(5-7)11-14-9(15-17-11)10(16)13-8-3-4-8/h1-2,6-8H,3-5,12H2,(H,13,16). The molecule has 0 radical (unpaired) electrons. The van der Waals surface area contributed by atoms with Gasteiger partial charge in [0, 0.05) is 12.1 Å². The molecule has 3 N–H and O–H groups in total. The molecule has 2 aliphatic rings. The van der Waals surface area contributed by atoms with Crippen LogP contribution in [0.3, 0.4) is 0 Å². The normalized spacial score (nSPS) is 27.4. The van der Waals surface area contributed by atoms with E-state index in [-0.39, 0.29) is 23.7 Å². The highest BCUT2D eigenvalue weighted by Crippen LogP contribution is 2.26. The summed E-state index contributed by atoms with van der Waals surface area (Å²) in [5.74, 6) is 0.365. The summed E-state index contributed by atoms with van der Waals surface area (Å²) < 4.78 is 5.09. The van der Waals surface area contributed by atoms with Crippen molar-refractivity contribution in [1.82, 2.24) is 15.5 Å². The van der Waals surface area contributed by atoms with Crippen molar-refractivity contribution in [2.75, 3.05) is 0 Å². The highest BCUT2D eigenvalue weighted by atomic mass is 16.5. The quantitative estimate of drug-likeness (QED) is 0.735. The van der Waals surface area contributed by atoms with Crippen molar-refractivity contribution in [3.8, 4) is 0 Å². The predicted molar refractivity (Wildman–Crippen MR) is 59.3 cm³/mol. The first kappa shape index (κ1) is 10.5. The van der Waals surface area contributed by atoms with E-state index in [9.17, 15) is 4.79 Å². The van der Waals surface area contributed by atoms with E-state index >= 15 is 0 Å². The van der Waals surface area contributed by atoms with E-state index in [1.807, 2.05) is 12.2 Å². The zero-order valence-corrected chi connectivity index (χ0v) is 9.30. The number of aromatic nitrogens is 2. The third kappa shape index (κ3) is 2.21. The van der Waals surface area contributed by atoms with Gasteiger partial charge in [-0.2, -0.15) is 4.98 Å². The summed E-state index contributed by atoms with van der Waals surface area (Å²) in [6.45, 7) is 0. The van der Waals surface area contributed by atoms with Gasteiger partial charge in [0.2, 0.25) is 5.89 Å². The lowest BCUT2D eigenvalue weighted by molar-refractivity contribution is 0.0937. The number of allylic oxidation sites excluding steroid dienone is 1. The summed E-state index contributed by atoms with van der Waals surface area (Å²) in [6.07, 6.45) is 6.69. The van der Waals surface area contributed by atoms with Crippen molar-refractivity contribution in [2.24, 2.45) is 5.73 Å². The molecule has 1 aromatic rings. The molecule has 1 amide bonds. The third-order valence-electron chi connectivity index (χ3n) is 2.99. The minimum absolute atomic E-state index is 0.0376. The SMILES string of the molecule is NC1C=CC(c2nc(C(=O)NC3CC3)no2)C1. The minimum Gasteiger partial charge on any atom is -0.346 e. The van der Waals surface area contributed by atoms with Gasteiger partial charge in [-0.05, 0) is 19.3 Å². The first-order chi connectivity index (χ1) is 8.22. The van der Waals surface area contributed by atoms with Gasteiger partial charge in [0.15, 0.2) is 0 Å². The van der Waals surface area contributed by atoms with Gasteiger partial charge in [0.05, 0.1) is 5.92 Å². The molecule has 90 valence electrons. The number of amides is 1. The number of nitrogens with two attached hydrogens (primary N) is 1. The molecule has 3 rings (SSSR count). The Hall–Kier alpha value is -1.69. The van der Waals surface area contributed by atoms with E-state index in [2.05, 4.69) is 15.5 Å². The monoisotopic (exact) mass is 234 g/mol. The molecule has 1 saturated carbocycles. The Balaban J connectivity index is 1.69. The van der Waals surface area contributed by atoms with Gasteiger partial charge < -0.3 is 15.6 Å². The number of carbonyl (C=O) groups is 1. The lowest BCUT2D eigenvalue weighted by Crippen LogP contribution is -2.26. The highest BCUT2D eigenvalue weighted by Gasteiger charge is 2.28. The fourth-order valence-electron chi connectivity index (χ4n) is 1.87. The molecule has 1 aromatic heterocycles. The van der Waals surface area contributed by atoms with Gasteiger partial charge in [-0.15, -0.1) is 0 Å². The van der Waals surface area contributed by atoms with Crippen LogP contribution in [-0.2, 0) is 0 Å². The number of carbonyl (C=O) groups excluding carboxylic acids is 1. The zero-order valence-electron chi connectivity index (χ0n) is 9.30. The Labute approximate surface area is 98.3 Å². The van der Waals surface area contributed by atoms with Crippen molar-refractivity contribution in [2.45, 2.75) is 37.3 Å². The van der Waals surface area contributed by atoms with Crippen LogP contribution in [-0.4, -0.2) is 28.1 Å². The van der Waals surface area contributed by atoms with E-state index < -0.39 is 0 Å². The van der Waals surface area contributed by atoms with Gasteiger partial charge in [-0.1, -0.05) is 17.3 Å². The number of nitrogens with zero attached hydrogens (tertiary/aromatic N) is 2. The van der Waals surface area contributed by atoms with Crippen LogP contribution in [0, 0.1) is 0 Å². The summed E-state index contributed by atoms with van der Waals surface area (Å²) in [5.41, 5.74) is 5.75. The maximum Gasteiger partial charge on any atom is 0.292 e. The molecule has 0 saturated heterocycles. The van der Waals surface area contributed by atoms with Crippen molar-refractivity contribution < 1.29 is 9.32 Å². The summed E-state index contributed by atoms with van der Waals surface area (Å²) in [5, 5.41) is 6.51. The molecular formula is C11H14N4O2. The number of rotatable bonds is 3. The molecule has 0 aliphatic heterocycles. The molecule has 6 nitrogen and oxygen atoms in total. The van der Waals surface area contributed by atoms with E-state index in [1.165, 1.54) is 0 Å². The Bertz CT molecular complexity index is 464. The Kier molecular flexibility index (Phi) is 2.44. The average molecular weight is 234 g/mol. The molecule has 1 fully saturated rings. The number of hydrogen-bond donors (Lipinski definition) is 2. The van der Waals surface area contributed by atoms with Crippen molar-refractivity contribution in [3.05, 3.63) is 23.9 Å². The second kappa shape index (κ2) is 3.96. The lowest BCUT2D eigenvalue weighted by atomic mass is 10.1. The summed E-state index contributed by atoms with van der Waals surface area (Å²) in [6, 6.07) is 0.333. The molecular weight excluding hydrogens is 220 g/mol. The van der Waals surface area contributed by atoms with Crippen LogP contribution in [0.15, 0.2) is 16.7 Å². The van der Waals surface area contributed by atoms with E-state index in [1.54, 1.807) is 0 Å². The summed E-state index contributed by atoms with van der Waals surface area (Å²) in [7, 11) is 0. The minimum atomic E-state index is -0.256. The van der Waals surface area contributed by atoms with Gasteiger partial charge in [-0.25, -0.2) is 0 Å². The van der Waals surface area contributed by atoms with Crippen molar-refractivity contribution >= 4 is 5.91 Å². The average Bonchev–Trinajstić information content (AvgIpc) is 2.81. The van der Waals surface area contributed by atoms with Crippen LogP contribution in [0.4, 0.5) is 0 Å². The number of hydrogen-bond acceptors (Lipinski definition) is 5. The van der Waals surface area contributed by atoms with Crippen LogP contribution in [0.5, 0.6) is 0 Å². The van der Waals surface area contributed by atoms with Gasteiger partial charge >= 0.3 is 0 Å². The van der Waals surface area contributed by atoms with Gasteiger partial charge in [0.1, 0.15) is 0 Å². The van der Waals surface area contributed by atoms with E-state index in [0.29, 0.717) is 11.9 Å². The van der Waals surface area contributed by atoms with Crippen molar-refractivity contribution in [1.29, 1.82) is 0 Å². The van der Waals surface area contributed by atoms with Crippen LogP contribution in [0.2, 0.25) is 0 Å². The fourth-order valence-corrected chi connectivity index (χ4v) is 1.87. The maximum atomic E-state index is 11.6. The summed E-state index contributed by atoms with van der Waals surface area (Å²) >= 11 is 0. The molecule has 2 atom stereocenters. The van der Waals surface area contributed by atoms with E-state index in [0.717, 1.165) is 19.3 Å². The Morgan fingerprint density at radius 3 is 2.94 bits per heavy atom. The first-order valence-electron chi connectivity index (χ1n) is 5.81. The number of nitrogens with one attached hydrogen (secondary N) is 1. The van der Waals surface area contributed by atoms with Crippen LogP contribution < -0.4 is 11.1 Å². The molecule has 2 unspecified atom stereocenters. The zero-order chi connectivity index (χ0) is 11.8. The maximum absolute atomic E-state index is 11.6. The largest absolute Gasteiger partial charge is 0.346 e. The van der Waals surface area contributed by atoms with Crippen LogP contribution in [0.25, 0.3) is 0 Å². The molecule has 0 spiro atoms. The molecule has 0 bridgehead atoms. The van der Waals surface area contributed by atoms with Crippen molar-refractivity contribution in [3.63, 3.8) is 0 Å². The second-order valence-electron chi connectivity index (χ2n) is 4.59. The smallest absolute Gasteiger partial charge is 0.292 e. The molecule has 6 heteroatoms. The third-order valence-corrected chi connectivity index (χ3v) is 2.99. The predicted octanol–water partition coefficient (Wildman–Crippen LogP) is 0.333. The fraction of sp³-hybridized carbons (Fsp3) is 0.545. The van der Waals surface area contributed by atoms with Gasteiger partial charge in [0.25, 0.3) is 11.7 Å². The Morgan fingerprint density at radius 2 is 2.29 bits per heavy atom. The molecule has 2 aliphatic carbocycles. The molecule has 17 heavy (non-hydrogen) atoms. The van der Waals surface area contributed by atoms with E-state index in [4.69, 9.17) is 10.3 Å².